The monoisotopic (exact) mass is 487 g/mol. The third-order valence-corrected chi connectivity index (χ3v) is 8.35. The van der Waals surface area contributed by atoms with Crippen LogP contribution in [0.1, 0.15) is 12.8 Å². The van der Waals surface area contributed by atoms with E-state index in [0.717, 1.165) is 37.4 Å². The van der Waals surface area contributed by atoms with E-state index in [4.69, 9.17) is 4.74 Å². The minimum atomic E-state index is -3.53. The van der Waals surface area contributed by atoms with Gasteiger partial charge in [0.1, 0.15) is 22.7 Å². The van der Waals surface area contributed by atoms with Gasteiger partial charge in [-0.3, -0.25) is 4.72 Å². The number of aliphatic hydroxyl groups is 1. The number of hydrogen-bond acceptors (Lipinski definition) is 7. The lowest BCUT2D eigenvalue weighted by Crippen LogP contribution is -2.45. The largest absolute Gasteiger partial charge is 0.491 e. The van der Waals surface area contributed by atoms with E-state index in [1.54, 1.807) is 29.6 Å². The van der Waals surface area contributed by atoms with Crippen LogP contribution in [0.3, 0.4) is 0 Å². The van der Waals surface area contributed by atoms with Gasteiger partial charge in [0.05, 0.1) is 0 Å². The molecule has 7 nitrogen and oxygen atoms in total. The molecule has 4 rings (SSSR count). The molecule has 0 spiro atoms. The van der Waals surface area contributed by atoms with Crippen molar-refractivity contribution >= 4 is 32.7 Å². The van der Waals surface area contributed by atoms with Crippen molar-refractivity contribution in [3.05, 3.63) is 72.1 Å². The van der Waals surface area contributed by atoms with Gasteiger partial charge in [-0.2, -0.15) is 0 Å². The molecular weight excluding hydrogens is 458 g/mol. The van der Waals surface area contributed by atoms with Crippen LogP contribution < -0.4 is 19.7 Å². The van der Waals surface area contributed by atoms with Crippen molar-refractivity contribution in [1.82, 2.24) is 5.32 Å². The average Bonchev–Trinajstić information content (AvgIpc) is 3.39. The average molecular weight is 488 g/mol. The minimum absolute atomic E-state index is 0.262. The summed E-state index contributed by atoms with van der Waals surface area (Å²) in [7, 11) is -3.53. The number of benzene rings is 2. The van der Waals surface area contributed by atoms with Crippen molar-refractivity contribution in [2.75, 3.05) is 35.9 Å². The third-order valence-electron chi connectivity index (χ3n) is 5.57. The molecule has 0 radical (unpaired) electrons. The van der Waals surface area contributed by atoms with E-state index in [1.807, 2.05) is 42.5 Å². The molecule has 0 aliphatic carbocycles. The topological polar surface area (TPSA) is 90.9 Å². The summed E-state index contributed by atoms with van der Waals surface area (Å²) in [5.41, 5.74) is 1.62. The molecule has 176 valence electrons. The lowest BCUT2D eigenvalue weighted by molar-refractivity contribution is 0.102. The van der Waals surface area contributed by atoms with Crippen LogP contribution in [0.5, 0.6) is 5.75 Å². The van der Waals surface area contributed by atoms with Crippen LogP contribution in [-0.2, 0) is 10.0 Å². The molecule has 2 aromatic carbocycles. The second-order valence-electron chi connectivity index (χ2n) is 8.03. The number of nitrogens with one attached hydrogen (secondary N) is 2. The van der Waals surface area contributed by atoms with Gasteiger partial charge in [-0.1, -0.05) is 24.3 Å². The summed E-state index contributed by atoms with van der Waals surface area (Å²) in [6.45, 7) is 2.55. The summed E-state index contributed by atoms with van der Waals surface area (Å²) in [6, 6.07) is 20.7. The van der Waals surface area contributed by atoms with Crippen LogP contribution in [0.2, 0.25) is 0 Å². The Morgan fingerprint density at radius 1 is 1.03 bits per heavy atom. The zero-order valence-corrected chi connectivity index (χ0v) is 19.9. The molecule has 1 atom stereocenters. The Hall–Kier alpha value is -2.59. The first-order valence-corrected chi connectivity index (χ1v) is 13.4. The Labute approximate surface area is 199 Å². The van der Waals surface area contributed by atoms with Gasteiger partial charge in [-0.25, -0.2) is 8.42 Å². The maximum absolute atomic E-state index is 12.4. The molecule has 0 unspecified atom stereocenters. The van der Waals surface area contributed by atoms with Crippen LogP contribution in [0.15, 0.2) is 76.3 Å². The summed E-state index contributed by atoms with van der Waals surface area (Å²) in [4.78, 5) is 2.30. The van der Waals surface area contributed by atoms with Crippen LogP contribution in [0.25, 0.3) is 0 Å². The first kappa shape index (κ1) is 23.6. The molecule has 1 saturated heterocycles. The molecule has 1 fully saturated rings. The quantitative estimate of drug-likeness (QED) is 0.405. The van der Waals surface area contributed by atoms with Crippen molar-refractivity contribution in [3.63, 3.8) is 0 Å². The Morgan fingerprint density at radius 2 is 1.76 bits per heavy atom. The van der Waals surface area contributed by atoms with Crippen molar-refractivity contribution in [1.29, 1.82) is 0 Å². The highest BCUT2D eigenvalue weighted by molar-refractivity contribution is 7.94. The van der Waals surface area contributed by atoms with E-state index in [-0.39, 0.29) is 6.61 Å². The van der Waals surface area contributed by atoms with Crippen molar-refractivity contribution in [2.24, 2.45) is 0 Å². The number of para-hydroxylation sites is 1. The number of rotatable bonds is 10. The normalized spacial score (nSPS) is 15.8. The maximum Gasteiger partial charge on any atom is 0.271 e. The Balaban J connectivity index is 1.19. The van der Waals surface area contributed by atoms with E-state index in [9.17, 15) is 13.5 Å². The molecule has 0 saturated carbocycles. The second-order valence-corrected chi connectivity index (χ2v) is 10.9. The van der Waals surface area contributed by atoms with Gasteiger partial charge in [-0.05, 0) is 60.7 Å². The molecule has 1 aromatic heterocycles. The standard InChI is InChI=1S/C24H29N3O4S2/c28-22(18-31-23-5-2-1-3-6-23)17-25-19-12-14-27(15-13-19)21-10-8-20(9-11-21)26-33(29,30)24-7-4-16-32-24/h1-11,16,19,22,25-26,28H,12-15,17-18H2/t22-/m0/s1. The minimum Gasteiger partial charge on any atom is -0.491 e. The van der Waals surface area contributed by atoms with Gasteiger partial charge in [0.15, 0.2) is 0 Å². The smallest absolute Gasteiger partial charge is 0.271 e. The summed E-state index contributed by atoms with van der Waals surface area (Å²) in [5.74, 6) is 0.759. The predicted molar refractivity (Wildman–Crippen MR) is 133 cm³/mol. The second kappa shape index (κ2) is 11.0. The van der Waals surface area contributed by atoms with E-state index >= 15 is 0 Å². The zero-order chi connectivity index (χ0) is 23.1. The molecule has 1 aliphatic heterocycles. The lowest BCUT2D eigenvalue weighted by Gasteiger charge is -2.34. The molecule has 3 N–H and O–H groups in total. The number of ether oxygens (including phenoxy) is 1. The van der Waals surface area contributed by atoms with Gasteiger partial charge < -0.3 is 20.1 Å². The van der Waals surface area contributed by atoms with Gasteiger partial charge in [0, 0.05) is 37.1 Å². The van der Waals surface area contributed by atoms with E-state index in [2.05, 4.69) is 14.9 Å². The lowest BCUT2D eigenvalue weighted by atomic mass is 10.0. The SMILES string of the molecule is O=S(=O)(Nc1ccc(N2CCC(NC[C@H](O)COc3ccccc3)CC2)cc1)c1cccs1. The fourth-order valence-electron chi connectivity index (χ4n) is 3.77. The summed E-state index contributed by atoms with van der Waals surface area (Å²) < 4.78 is 33.3. The van der Waals surface area contributed by atoms with Gasteiger partial charge in [0.25, 0.3) is 10.0 Å². The van der Waals surface area contributed by atoms with Crippen LogP contribution in [0, 0.1) is 0 Å². The zero-order valence-electron chi connectivity index (χ0n) is 18.3. The number of anilines is 2. The molecule has 33 heavy (non-hydrogen) atoms. The van der Waals surface area contributed by atoms with Crippen LogP contribution in [-0.4, -0.2) is 51.9 Å². The number of sulfonamides is 1. The van der Waals surface area contributed by atoms with Crippen molar-refractivity contribution in [2.45, 2.75) is 29.2 Å². The van der Waals surface area contributed by atoms with Gasteiger partial charge in [-0.15, -0.1) is 11.3 Å². The maximum atomic E-state index is 12.4. The Kier molecular flexibility index (Phi) is 7.87. The first-order chi connectivity index (χ1) is 16.0. The van der Waals surface area contributed by atoms with Crippen LogP contribution >= 0.6 is 11.3 Å². The molecule has 1 aliphatic rings. The number of hydrogen-bond donors (Lipinski definition) is 3. The summed E-state index contributed by atoms with van der Waals surface area (Å²) in [5, 5.41) is 15.4. The molecular formula is C24H29N3O4S2. The van der Waals surface area contributed by atoms with Gasteiger partial charge in [0.2, 0.25) is 0 Å². The van der Waals surface area contributed by atoms with E-state index in [0.29, 0.717) is 22.5 Å². The third kappa shape index (κ3) is 6.70. The molecule has 0 amide bonds. The molecule has 9 heteroatoms. The highest BCUT2D eigenvalue weighted by Gasteiger charge is 2.20. The highest BCUT2D eigenvalue weighted by Crippen LogP contribution is 2.24. The van der Waals surface area contributed by atoms with E-state index < -0.39 is 16.1 Å². The first-order valence-electron chi connectivity index (χ1n) is 11.0. The Bertz CT molecular complexity index is 1080. The number of piperidine rings is 1. The van der Waals surface area contributed by atoms with Crippen molar-refractivity contribution in [3.8, 4) is 5.75 Å². The number of thiophene rings is 1. The fourth-order valence-corrected chi connectivity index (χ4v) is 5.83. The highest BCUT2D eigenvalue weighted by atomic mass is 32.2. The number of aliphatic hydroxyl groups excluding tert-OH is 1. The van der Waals surface area contributed by atoms with Crippen LogP contribution in [0.4, 0.5) is 11.4 Å². The Morgan fingerprint density at radius 3 is 2.42 bits per heavy atom. The van der Waals surface area contributed by atoms with E-state index in [1.165, 1.54) is 11.3 Å². The summed E-state index contributed by atoms with van der Waals surface area (Å²) in [6.07, 6.45) is 1.38. The van der Waals surface area contributed by atoms with Crippen molar-refractivity contribution < 1.29 is 18.3 Å². The molecule has 0 bridgehead atoms. The summed E-state index contributed by atoms with van der Waals surface area (Å²) >= 11 is 1.20. The molecule has 2 heterocycles. The molecule has 3 aromatic rings. The predicted octanol–water partition coefficient (Wildman–Crippen LogP) is 3.55. The van der Waals surface area contributed by atoms with Gasteiger partial charge >= 0.3 is 0 Å². The fraction of sp³-hybridized carbons (Fsp3) is 0.333. The number of nitrogens with zero attached hydrogens (tertiary/aromatic N) is 1.